The van der Waals surface area contributed by atoms with Gasteiger partial charge in [0.2, 0.25) is 0 Å². The molecule has 0 bridgehead atoms. The number of nitrogens with zero attached hydrogens (tertiary/aromatic N) is 3. The van der Waals surface area contributed by atoms with Crippen molar-refractivity contribution in [3.8, 4) is 16.3 Å². The van der Waals surface area contributed by atoms with Gasteiger partial charge in [-0.1, -0.05) is 33.3 Å². The maximum Gasteiger partial charge on any atom is 0.408 e. The summed E-state index contributed by atoms with van der Waals surface area (Å²) >= 11 is 1.28. The standard InChI is InChI=1S/C27H36N4O5S/c1-7-8-11-36-22-19-12-17(24-29-20(15-37-24)23(28)32)9-10-18(19)25(33)30(13-16(2)3)21(22)14-31(26(34)35)27(4,5)6/h9-10,12,15-16H,7-8,11,13-14H2,1-6H3,(H2,28,32)(H,34,35). The zero-order valence-electron chi connectivity index (χ0n) is 22.3. The average Bonchev–Trinajstić information content (AvgIpc) is 3.30. The number of pyridine rings is 1. The van der Waals surface area contributed by atoms with Crippen LogP contribution in [0, 0.1) is 5.92 Å². The summed E-state index contributed by atoms with van der Waals surface area (Å²) in [6.45, 7) is 12.4. The van der Waals surface area contributed by atoms with Crippen molar-refractivity contribution in [2.45, 2.75) is 73.0 Å². The molecule has 1 aromatic carbocycles. The molecule has 2 amide bonds. The number of amides is 2. The second-order valence-electron chi connectivity index (χ2n) is 10.5. The van der Waals surface area contributed by atoms with Gasteiger partial charge >= 0.3 is 6.09 Å². The third-order valence-corrected chi connectivity index (χ3v) is 6.86. The number of unbranched alkanes of at least 4 members (excludes halogenated alkanes) is 1. The molecule has 2 aromatic heterocycles. The average molecular weight is 529 g/mol. The van der Waals surface area contributed by atoms with Crippen LogP contribution in [0.25, 0.3) is 21.3 Å². The Morgan fingerprint density at radius 2 is 1.95 bits per heavy atom. The van der Waals surface area contributed by atoms with Crippen LogP contribution < -0.4 is 16.0 Å². The number of thiazole rings is 1. The van der Waals surface area contributed by atoms with Crippen molar-refractivity contribution in [3.05, 3.63) is 45.3 Å². The van der Waals surface area contributed by atoms with Crippen molar-refractivity contribution in [2.75, 3.05) is 6.61 Å². The third kappa shape index (κ3) is 6.30. The Morgan fingerprint density at radius 1 is 1.24 bits per heavy atom. The molecule has 0 aliphatic heterocycles. The summed E-state index contributed by atoms with van der Waals surface area (Å²) in [7, 11) is 0. The highest BCUT2D eigenvalue weighted by Gasteiger charge is 2.30. The number of hydrogen-bond acceptors (Lipinski definition) is 6. The van der Waals surface area contributed by atoms with E-state index in [0.29, 0.717) is 45.9 Å². The molecule has 0 atom stereocenters. The SMILES string of the molecule is CCCCOc1c(CN(C(=O)O)C(C)(C)C)n(CC(C)C)c(=O)c2ccc(-c3nc(C(N)=O)cs3)cc12. The molecule has 2 heterocycles. The number of aromatic nitrogens is 2. The van der Waals surface area contributed by atoms with Crippen LogP contribution in [-0.2, 0) is 13.1 Å². The van der Waals surface area contributed by atoms with Gasteiger partial charge in [-0.3, -0.25) is 14.5 Å². The fourth-order valence-corrected chi connectivity index (χ4v) is 4.86. The molecule has 3 rings (SSSR count). The Balaban J connectivity index is 2.34. The fraction of sp³-hybridized carbons (Fsp3) is 0.481. The molecule has 0 aliphatic carbocycles. The van der Waals surface area contributed by atoms with Gasteiger partial charge in [0, 0.05) is 28.4 Å². The Kier molecular flexibility index (Phi) is 8.63. The number of nitrogens with two attached hydrogens (primary N) is 1. The second-order valence-corrected chi connectivity index (χ2v) is 11.3. The highest BCUT2D eigenvalue weighted by molar-refractivity contribution is 7.13. The molecule has 0 fully saturated rings. The van der Waals surface area contributed by atoms with E-state index in [0.717, 1.165) is 12.8 Å². The van der Waals surface area contributed by atoms with Crippen molar-refractivity contribution >= 4 is 34.1 Å². The van der Waals surface area contributed by atoms with E-state index in [1.54, 1.807) is 22.1 Å². The van der Waals surface area contributed by atoms with Crippen molar-refractivity contribution < 1.29 is 19.4 Å². The van der Waals surface area contributed by atoms with Crippen LogP contribution in [-0.4, -0.2) is 43.7 Å². The minimum atomic E-state index is -1.08. The fourth-order valence-electron chi connectivity index (χ4n) is 4.05. The van der Waals surface area contributed by atoms with Gasteiger partial charge in [-0.2, -0.15) is 0 Å². The number of primary amides is 1. The first-order chi connectivity index (χ1) is 17.3. The molecule has 0 unspecified atom stereocenters. The van der Waals surface area contributed by atoms with E-state index < -0.39 is 17.5 Å². The summed E-state index contributed by atoms with van der Waals surface area (Å²) < 4.78 is 7.98. The summed E-state index contributed by atoms with van der Waals surface area (Å²) in [6, 6.07) is 5.36. The van der Waals surface area contributed by atoms with Gasteiger partial charge in [-0.25, -0.2) is 9.78 Å². The molecule has 3 aromatic rings. The summed E-state index contributed by atoms with van der Waals surface area (Å²) in [5, 5.41) is 13.3. The highest BCUT2D eigenvalue weighted by atomic mass is 32.1. The first-order valence-corrected chi connectivity index (χ1v) is 13.3. The lowest BCUT2D eigenvalue weighted by Gasteiger charge is -2.34. The number of rotatable bonds is 10. The van der Waals surface area contributed by atoms with Crippen LogP contribution in [0.4, 0.5) is 4.79 Å². The largest absolute Gasteiger partial charge is 0.491 e. The van der Waals surface area contributed by atoms with Gasteiger partial charge in [0.05, 0.1) is 24.2 Å². The highest BCUT2D eigenvalue weighted by Crippen LogP contribution is 2.35. The van der Waals surface area contributed by atoms with Crippen molar-refractivity contribution in [2.24, 2.45) is 11.7 Å². The molecule has 37 heavy (non-hydrogen) atoms. The molecule has 0 radical (unpaired) electrons. The second kappa shape index (κ2) is 11.3. The first kappa shape index (κ1) is 28.2. The Hall–Kier alpha value is -3.40. The van der Waals surface area contributed by atoms with Gasteiger partial charge in [0.25, 0.3) is 11.5 Å². The Morgan fingerprint density at radius 3 is 2.49 bits per heavy atom. The Bertz CT molecular complexity index is 1350. The zero-order valence-corrected chi connectivity index (χ0v) is 23.1. The number of benzene rings is 1. The van der Waals surface area contributed by atoms with E-state index in [2.05, 4.69) is 11.9 Å². The molecular weight excluding hydrogens is 492 g/mol. The van der Waals surface area contributed by atoms with Gasteiger partial charge in [-0.05, 0) is 45.2 Å². The lowest BCUT2D eigenvalue weighted by atomic mass is 10.0. The van der Waals surface area contributed by atoms with Gasteiger partial charge in [0.15, 0.2) is 0 Å². The topological polar surface area (TPSA) is 128 Å². The number of hydrogen-bond donors (Lipinski definition) is 2. The van der Waals surface area contributed by atoms with Crippen LogP contribution in [0.1, 0.15) is 70.6 Å². The molecular formula is C27H36N4O5S. The van der Waals surface area contributed by atoms with Gasteiger partial charge in [-0.15, -0.1) is 11.3 Å². The predicted molar refractivity (Wildman–Crippen MR) is 146 cm³/mol. The number of carbonyl (C=O) groups is 2. The molecule has 10 heteroatoms. The van der Waals surface area contributed by atoms with Crippen LogP contribution in [0.5, 0.6) is 5.75 Å². The number of carboxylic acid groups (broad SMARTS) is 1. The number of fused-ring (bicyclic) bond motifs is 1. The van der Waals surface area contributed by atoms with E-state index in [1.807, 2.05) is 40.7 Å². The molecule has 0 spiro atoms. The smallest absolute Gasteiger partial charge is 0.408 e. The van der Waals surface area contributed by atoms with Gasteiger partial charge < -0.3 is 20.1 Å². The van der Waals surface area contributed by atoms with Crippen LogP contribution in [0.15, 0.2) is 28.4 Å². The number of ether oxygens (including phenoxy) is 1. The lowest BCUT2D eigenvalue weighted by Crippen LogP contribution is -2.45. The molecule has 9 nitrogen and oxygen atoms in total. The quantitative estimate of drug-likeness (QED) is 0.342. The minimum Gasteiger partial charge on any atom is -0.491 e. The van der Waals surface area contributed by atoms with E-state index in [9.17, 15) is 19.5 Å². The molecule has 200 valence electrons. The molecule has 0 aliphatic rings. The third-order valence-electron chi connectivity index (χ3n) is 5.97. The maximum atomic E-state index is 13.8. The van der Waals surface area contributed by atoms with Crippen LogP contribution in [0.3, 0.4) is 0 Å². The van der Waals surface area contributed by atoms with Crippen LogP contribution >= 0.6 is 11.3 Å². The van der Waals surface area contributed by atoms with Crippen molar-refractivity contribution in [1.82, 2.24) is 14.5 Å². The summed E-state index contributed by atoms with van der Waals surface area (Å²) in [4.78, 5) is 43.2. The van der Waals surface area contributed by atoms with Gasteiger partial charge in [0.1, 0.15) is 16.5 Å². The minimum absolute atomic E-state index is 0.00844. The zero-order chi connectivity index (χ0) is 27.5. The van der Waals surface area contributed by atoms with E-state index in [-0.39, 0.29) is 23.7 Å². The Labute approximate surface area is 220 Å². The van der Waals surface area contributed by atoms with E-state index >= 15 is 0 Å². The van der Waals surface area contributed by atoms with Crippen LogP contribution in [0.2, 0.25) is 0 Å². The first-order valence-electron chi connectivity index (χ1n) is 12.4. The van der Waals surface area contributed by atoms with Crippen molar-refractivity contribution in [1.29, 1.82) is 0 Å². The summed E-state index contributed by atoms with van der Waals surface area (Å²) in [5.74, 6) is 0.0292. The molecule has 0 saturated heterocycles. The van der Waals surface area contributed by atoms with Crippen molar-refractivity contribution in [3.63, 3.8) is 0 Å². The predicted octanol–water partition coefficient (Wildman–Crippen LogP) is 5.34. The normalized spacial score (nSPS) is 11.8. The number of carbonyl (C=O) groups excluding carboxylic acids is 1. The van der Waals surface area contributed by atoms with E-state index in [4.69, 9.17) is 10.5 Å². The summed E-state index contributed by atoms with van der Waals surface area (Å²) in [5.41, 5.74) is 5.88. The van der Waals surface area contributed by atoms with E-state index in [1.165, 1.54) is 16.2 Å². The molecule has 3 N–H and O–H groups in total. The monoisotopic (exact) mass is 528 g/mol. The molecule has 0 saturated carbocycles. The maximum absolute atomic E-state index is 13.8. The lowest BCUT2D eigenvalue weighted by molar-refractivity contribution is 0.0925. The summed E-state index contributed by atoms with van der Waals surface area (Å²) in [6.07, 6.45) is 0.647.